The zero-order chi connectivity index (χ0) is 19.8. The summed E-state index contributed by atoms with van der Waals surface area (Å²) in [5, 5.41) is 0. The van der Waals surface area contributed by atoms with Crippen molar-refractivity contribution in [2.24, 2.45) is 0 Å². The fraction of sp³-hybridized carbons (Fsp3) is 0.958. The second kappa shape index (κ2) is 23.3. The van der Waals surface area contributed by atoms with Gasteiger partial charge in [-0.05, 0) is 12.8 Å². The maximum atomic E-state index is 11.2. The molecule has 0 radical (unpaired) electrons. The third kappa shape index (κ3) is 23.2. The monoisotopic (exact) mass is 384 g/mol. The van der Waals surface area contributed by atoms with E-state index in [1.54, 1.807) is 0 Å². The minimum absolute atomic E-state index is 0.481. The molecule has 0 fully saturated rings. The third-order valence-corrected chi connectivity index (χ3v) is 5.19. The summed E-state index contributed by atoms with van der Waals surface area (Å²) in [5.74, 6) is 0. The molecule has 0 amide bonds. The van der Waals surface area contributed by atoms with Crippen LogP contribution in [-0.2, 0) is 9.47 Å². The molecule has 0 rings (SSSR count). The van der Waals surface area contributed by atoms with Gasteiger partial charge in [0.25, 0.3) is 0 Å². The van der Waals surface area contributed by atoms with Gasteiger partial charge in [-0.15, -0.1) is 0 Å². The van der Waals surface area contributed by atoms with E-state index < -0.39 is 6.16 Å². The number of hydrogen-bond acceptors (Lipinski definition) is 3. The highest BCUT2D eigenvalue weighted by atomic mass is 16.7. The zero-order valence-corrected chi connectivity index (χ0v) is 18.6. The van der Waals surface area contributed by atoms with Gasteiger partial charge in [-0.2, -0.15) is 0 Å². The summed E-state index contributed by atoms with van der Waals surface area (Å²) in [5.41, 5.74) is 0. The molecule has 27 heavy (non-hydrogen) atoms. The van der Waals surface area contributed by atoms with Crippen LogP contribution >= 0.6 is 0 Å². The van der Waals surface area contributed by atoms with Gasteiger partial charge in [0.1, 0.15) is 0 Å². The smallest absolute Gasteiger partial charge is 0.434 e. The molecular formula is C24H48O3. The largest absolute Gasteiger partial charge is 0.508 e. The van der Waals surface area contributed by atoms with Gasteiger partial charge in [0, 0.05) is 0 Å². The van der Waals surface area contributed by atoms with Crippen LogP contribution in [0.15, 0.2) is 0 Å². The van der Waals surface area contributed by atoms with Crippen LogP contribution in [0.1, 0.15) is 136 Å². The molecule has 0 bridgehead atoms. The quantitative estimate of drug-likeness (QED) is 0.147. The summed E-state index contributed by atoms with van der Waals surface area (Å²) in [6, 6.07) is 0. The Balaban J connectivity index is 3.06. The summed E-state index contributed by atoms with van der Waals surface area (Å²) in [4.78, 5) is 11.2. The number of hydrogen-bond donors (Lipinski definition) is 0. The molecule has 0 saturated heterocycles. The summed E-state index contributed by atoms with van der Waals surface area (Å²) in [7, 11) is 0. The fourth-order valence-corrected chi connectivity index (χ4v) is 3.32. The van der Waals surface area contributed by atoms with Crippen LogP contribution in [0.2, 0.25) is 0 Å². The first-order valence-electron chi connectivity index (χ1n) is 12.1. The van der Waals surface area contributed by atoms with Crippen LogP contribution in [0.5, 0.6) is 0 Å². The highest BCUT2D eigenvalue weighted by Gasteiger charge is 2.02. The van der Waals surface area contributed by atoms with Crippen molar-refractivity contribution < 1.29 is 14.3 Å². The van der Waals surface area contributed by atoms with Crippen molar-refractivity contribution in [2.45, 2.75) is 136 Å². The summed E-state index contributed by atoms with van der Waals surface area (Å²) >= 11 is 0. The van der Waals surface area contributed by atoms with Gasteiger partial charge < -0.3 is 9.47 Å². The molecule has 0 aromatic heterocycles. The lowest BCUT2D eigenvalue weighted by atomic mass is 10.0. The van der Waals surface area contributed by atoms with Crippen LogP contribution in [0.3, 0.4) is 0 Å². The van der Waals surface area contributed by atoms with Crippen LogP contribution in [0.25, 0.3) is 0 Å². The van der Waals surface area contributed by atoms with E-state index in [0.717, 1.165) is 25.7 Å². The fourth-order valence-electron chi connectivity index (χ4n) is 3.32. The number of carbonyl (C=O) groups is 1. The molecule has 0 aromatic rings. The van der Waals surface area contributed by atoms with E-state index in [0.29, 0.717) is 13.2 Å². The third-order valence-electron chi connectivity index (χ3n) is 5.19. The molecule has 0 aliphatic heterocycles. The van der Waals surface area contributed by atoms with Crippen LogP contribution in [0.4, 0.5) is 4.79 Å². The van der Waals surface area contributed by atoms with E-state index in [9.17, 15) is 4.79 Å². The molecule has 0 aromatic carbocycles. The zero-order valence-electron chi connectivity index (χ0n) is 18.6. The Kier molecular flexibility index (Phi) is 22.7. The van der Waals surface area contributed by atoms with E-state index in [-0.39, 0.29) is 0 Å². The van der Waals surface area contributed by atoms with Crippen molar-refractivity contribution in [3.05, 3.63) is 0 Å². The Morgan fingerprint density at radius 1 is 0.444 bits per heavy atom. The summed E-state index contributed by atoms with van der Waals surface area (Å²) in [6.45, 7) is 5.34. The Hall–Kier alpha value is -0.730. The first-order chi connectivity index (χ1) is 13.3. The maximum absolute atomic E-state index is 11.2. The van der Waals surface area contributed by atoms with E-state index >= 15 is 0 Å². The molecule has 3 nitrogen and oxygen atoms in total. The second-order valence-corrected chi connectivity index (χ2v) is 7.96. The Morgan fingerprint density at radius 3 is 1.11 bits per heavy atom. The molecule has 0 unspecified atom stereocenters. The van der Waals surface area contributed by atoms with Crippen LogP contribution < -0.4 is 0 Å². The van der Waals surface area contributed by atoms with Gasteiger partial charge in [-0.1, -0.05) is 123 Å². The minimum atomic E-state index is -0.500. The average molecular weight is 385 g/mol. The summed E-state index contributed by atoms with van der Waals surface area (Å²) in [6.07, 6.45) is 24.6. The SMILES string of the molecule is CCCCCCCCCCCCCCCCCCCOC(=O)OCCCC. The van der Waals surface area contributed by atoms with E-state index in [1.807, 2.05) is 0 Å². The lowest BCUT2D eigenvalue weighted by molar-refractivity contribution is 0.0532. The molecule has 0 spiro atoms. The molecule has 0 saturated carbocycles. The molecule has 0 aliphatic rings. The highest BCUT2D eigenvalue weighted by Crippen LogP contribution is 2.14. The van der Waals surface area contributed by atoms with Crippen molar-refractivity contribution in [2.75, 3.05) is 13.2 Å². The van der Waals surface area contributed by atoms with Crippen molar-refractivity contribution in [3.8, 4) is 0 Å². The summed E-state index contributed by atoms with van der Waals surface area (Å²) < 4.78 is 10.0. The van der Waals surface area contributed by atoms with E-state index in [1.165, 1.54) is 96.3 Å². The number of unbranched alkanes of at least 4 members (excludes halogenated alkanes) is 17. The highest BCUT2D eigenvalue weighted by molar-refractivity contribution is 5.59. The molecule has 0 heterocycles. The number of ether oxygens (including phenoxy) is 2. The molecular weight excluding hydrogens is 336 g/mol. The molecule has 0 atom stereocenters. The van der Waals surface area contributed by atoms with Gasteiger partial charge in [0.05, 0.1) is 13.2 Å². The van der Waals surface area contributed by atoms with Crippen molar-refractivity contribution >= 4 is 6.16 Å². The Labute approximate surface area is 170 Å². The molecule has 0 aliphatic carbocycles. The molecule has 162 valence electrons. The lowest BCUT2D eigenvalue weighted by Crippen LogP contribution is -2.09. The predicted octanol–water partition coefficient (Wildman–Crippen LogP) is 8.59. The molecule has 3 heteroatoms. The molecule has 0 N–H and O–H groups in total. The van der Waals surface area contributed by atoms with Crippen LogP contribution in [0, 0.1) is 0 Å². The first-order valence-corrected chi connectivity index (χ1v) is 12.1. The minimum Gasteiger partial charge on any atom is -0.434 e. The van der Waals surface area contributed by atoms with Gasteiger partial charge in [-0.3, -0.25) is 0 Å². The van der Waals surface area contributed by atoms with E-state index in [2.05, 4.69) is 13.8 Å². The number of rotatable bonds is 21. The first kappa shape index (κ1) is 26.3. The normalized spacial score (nSPS) is 10.9. The Morgan fingerprint density at radius 2 is 0.741 bits per heavy atom. The lowest BCUT2D eigenvalue weighted by Gasteiger charge is -2.06. The predicted molar refractivity (Wildman–Crippen MR) is 116 cm³/mol. The average Bonchev–Trinajstić information content (AvgIpc) is 2.67. The topological polar surface area (TPSA) is 35.5 Å². The van der Waals surface area contributed by atoms with Gasteiger partial charge in [0.15, 0.2) is 0 Å². The van der Waals surface area contributed by atoms with Crippen LogP contribution in [-0.4, -0.2) is 19.4 Å². The van der Waals surface area contributed by atoms with Crippen molar-refractivity contribution in [3.63, 3.8) is 0 Å². The van der Waals surface area contributed by atoms with Crippen molar-refractivity contribution in [1.29, 1.82) is 0 Å². The standard InChI is InChI=1S/C24H48O3/c1-3-5-7-8-9-10-11-12-13-14-15-16-17-18-19-20-21-23-27-24(25)26-22-6-4-2/h3-23H2,1-2H3. The van der Waals surface area contributed by atoms with Gasteiger partial charge in [0.2, 0.25) is 0 Å². The van der Waals surface area contributed by atoms with Gasteiger partial charge >= 0.3 is 6.16 Å². The van der Waals surface area contributed by atoms with Gasteiger partial charge in [-0.25, -0.2) is 4.79 Å². The van der Waals surface area contributed by atoms with E-state index in [4.69, 9.17) is 9.47 Å². The van der Waals surface area contributed by atoms with Crippen molar-refractivity contribution in [1.82, 2.24) is 0 Å². The second-order valence-electron chi connectivity index (χ2n) is 7.96. The Bertz CT molecular complexity index is 291. The maximum Gasteiger partial charge on any atom is 0.508 e. The number of carbonyl (C=O) groups excluding carboxylic acids is 1.